The molecule has 0 amide bonds. The summed E-state index contributed by atoms with van der Waals surface area (Å²) in [4.78, 5) is 12.2. The van der Waals surface area contributed by atoms with Crippen LogP contribution in [0.2, 0.25) is 0 Å². The van der Waals surface area contributed by atoms with E-state index in [1.54, 1.807) is 17.7 Å². The van der Waals surface area contributed by atoms with Gasteiger partial charge in [0.25, 0.3) is 0 Å². The van der Waals surface area contributed by atoms with Gasteiger partial charge < -0.3 is 10.1 Å². The second kappa shape index (κ2) is 6.10. The second-order valence-electron chi connectivity index (χ2n) is 6.69. The van der Waals surface area contributed by atoms with E-state index < -0.39 is 0 Å². The molecule has 1 aliphatic rings. The number of fused-ring (bicyclic) bond motifs is 1. The van der Waals surface area contributed by atoms with E-state index in [-0.39, 0.29) is 17.7 Å². The molecule has 5 nitrogen and oxygen atoms in total. The first-order valence-electron chi connectivity index (χ1n) is 7.78. The summed E-state index contributed by atoms with van der Waals surface area (Å²) in [7, 11) is 0. The van der Waals surface area contributed by atoms with Crippen LogP contribution in [0, 0.1) is 0 Å². The van der Waals surface area contributed by atoms with Gasteiger partial charge in [-0.05, 0) is 39.1 Å². The number of thiophene rings is 1. The number of rotatable bonds is 4. The van der Waals surface area contributed by atoms with Gasteiger partial charge in [0, 0.05) is 25.2 Å². The molecular formula is C16H24N4OS. The summed E-state index contributed by atoms with van der Waals surface area (Å²) < 4.78 is 5.84. The third-order valence-electron chi connectivity index (χ3n) is 4.23. The minimum atomic E-state index is 0.0413. The van der Waals surface area contributed by atoms with Crippen molar-refractivity contribution in [3.8, 4) is 0 Å². The van der Waals surface area contributed by atoms with E-state index in [1.165, 1.54) is 0 Å². The Labute approximate surface area is 135 Å². The van der Waals surface area contributed by atoms with Crippen molar-refractivity contribution in [2.75, 3.05) is 25.0 Å². The molecule has 3 heterocycles. The lowest BCUT2D eigenvalue weighted by molar-refractivity contribution is -0.0933. The maximum Gasteiger partial charge on any atom is 0.138 e. The summed E-state index contributed by atoms with van der Waals surface area (Å²) in [5, 5.41) is 6.67. The van der Waals surface area contributed by atoms with Gasteiger partial charge in [-0.2, -0.15) is 0 Å². The van der Waals surface area contributed by atoms with Gasteiger partial charge in [-0.3, -0.25) is 4.90 Å². The minimum Gasteiger partial charge on any atom is -0.373 e. The molecule has 2 aromatic rings. The van der Waals surface area contributed by atoms with Gasteiger partial charge in [0.05, 0.1) is 17.6 Å². The van der Waals surface area contributed by atoms with Crippen molar-refractivity contribution in [1.82, 2.24) is 14.9 Å². The summed E-state index contributed by atoms with van der Waals surface area (Å²) in [5.41, 5.74) is 0.0413. The van der Waals surface area contributed by atoms with Crippen molar-refractivity contribution in [2.45, 2.75) is 45.4 Å². The van der Waals surface area contributed by atoms with E-state index in [4.69, 9.17) is 4.74 Å². The third-order valence-corrected chi connectivity index (χ3v) is 5.05. The predicted molar refractivity (Wildman–Crippen MR) is 91.6 cm³/mol. The summed E-state index contributed by atoms with van der Waals surface area (Å²) >= 11 is 1.65. The van der Waals surface area contributed by atoms with Crippen LogP contribution in [-0.2, 0) is 4.74 Å². The van der Waals surface area contributed by atoms with Gasteiger partial charge in [-0.1, -0.05) is 0 Å². The van der Waals surface area contributed by atoms with Crippen molar-refractivity contribution >= 4 is 27.4 Å². The highest BCUT2D eigenvalue weighted by atomic mass is 32.1. The van der Waals surface area contributed by atoms with Crippen LogP contribution >= 0.6 is 11.3 Å². The molecule has 0 aromatic carbocycles. The lowest BCUT2D eigenvalue weighted by Crippen LogP contribution is -2.57. The number of morpholine rings is 1. The van der Waals surface area contributed by atoms with Crippen LogP contribution < -0.4 is 5.32 Å². The molecule has 6 heteroatoms. The second-order valence-corrected chi connectivity index (χ2v) is 7.58. The van der Waals surface area contributed by atoms with Crippen molar-refractivity contribution in [2.24, 2.45) is 0 Å². The Kier molecular flexibility index (Phi) is 4.34. The predicted octanol–water partition coefficient (Wildman–Crippen LogP) is 2.99. The maximum absolute atomic E-state index is 5.84. The van der Waals surface area contributed by atoms with E-state index >= 15 is 0 Å². The highest BCUT2D eigenvalue weighted by molar-refractivity contribution is 7.16. The molecule has 0 bridgehead atoms. The molecular weight excluding hydrogens is 296 g/mol. The number of aromatic nitrogens is 2. The Bertz CT molecular complexity index is 632. The monoisotopic (exact) mass is 320 g/mol. The number of nitrogens with one attached hydrogen (secondary N) is 1. The molecule has 0 saturated carbocycles. The Balaban J connectivity index is 1.70. The summed E-state index contributed by atoms with van der Waals surface area (Å²) in [5.74, 6) is 0.925. The van der Waals surface area contributed by atoms with E-state index in [9.17, 15) is 0 Å². The summed E-state index contributed by atoms with van der Waals surface area (Å²) in [6.45, 7) is 11.6. The third kappa shape index (κ3) is 3.24. The van der Waals surface area contributed by atoms with Crippen LogP contribution in [-0.4, -0.2) is 52.2 Å². The quantitative estimate of drug-likeness (QED) is 0.938. The molecule has 0 unspecified atom stereocenters. The minimum absolute atomic E-state index is 0.0413. The number of nitrogens with zero attached hydrogens (tertiary/aromatic N) is 3. The van der Waals surface area contributed by atoms with E-state index in [1.807, 2.05) is 0 Å². The Hall–Kier alpha value is -1.24. The van der Waals surface area contributed by atoms with Crippen molar-refractivity contribution in [3.05, 3.63) is 17.8 Å². The normalized spacial score (nSPS) is 23.8. The van der Waals surface area contributed by atoms with Crippen LogP contribution in [0.25, 0.3) is 10.2 Å². The first-order valence-corrected chi connectivity index (χ1v) is 8.66. The number of anilines is 1. The van der Waals surface area contributed by atoms with Gasteiger partial charge in [0.15, 0.2) is 0 Å². The first-order chi connectivity index (χ1) is 10.5. The van der Waals surface area contributed by atoms with E-state index in [0.717, 1.165) is 35.7 Å². The van der Waals surface area contributed by atoms with Crippen molar-refractivity contribution < 1.29 is 4.74 Å². The molecule has 1 saturated heterocycles. The van der Waals surface area contributed by atoms with Gasteiger partial charge in [-0.15, -0.1) is 11.3 Å². The smallest absolute Gasteiger partial charge is 0.138 e. The standard InChI is InChI=1S/C16H24N4OS/c1-11-7-20(8-12(2)21-11)16(3,4)9-17-14-13-5-6-22-15(13)19-10-18-14/h5-6,10-12H,7-9H2,1-4H3,(H,17,18,19)/t11-,12+. The maximum atomic E-state index is 5.84. The fourth-order valence-electron chi connectivity index (χ4n) is 3.01. The lowest BCUT2D eigenvalue weighted by Gasteiger charge is -2.45. The highest BCUT2D eigenvalue weighted by Gasteiger charge is 2.33. The number of ether oxygens (including phenoxy) is 1. The zero-order chi connectivity index (χ0) is 15.7. The SMILES string of the molecule is C[C@@H]1CN(C(C)(C)CNc2ncnc3sccc23)C[C@H](C)O1. The van der Waals surface area contributed by atoms with Crippen LogP contribution in [0.5, 0.6) is 0 Å². The molecule has 2 aromatic heterocycles. The molecule has 1 fully saturated rings. The summed E-state index contributed by atoms with van der Waals surface area (Å²) in [6.07, 6.45) is 2.20. The van der Waals surface area contributed by atoms with Gasteiger partial charge in [0.2, 0.25) is 0 Å². The fraction of sp³-hybridized carbons (Fsp3) is 0.625. The largest absolute Gasteiger partial charge is 0.373 e. The molecule has 0 aliphatic carbocycles. The molecule has 3 rings (SSSR count). The molecule has 1 aliphatic heterocycles. The molecule has 0 radical (unpaired) electrons. The van der Waals surface area contributed by atoms with Crippen LogP contribution in [0.3, 0.4) is 0 Å². The Morgan fingerprint density at radius 1 is 1.32 bits per heavy atom. The first kappa shape index (κ1) is 15.6. The van der Waals surface area contributed by atoms with Crippen LogP contribution in [0.1, 0.15) is 27.7 Å². The molecule has 22 heavy (non-hydrogen) atoms. The van der Waals surface area contributed by atoms with Gasteiger partial charge in [-0.25, -0.2) is 9.97 Å². The molecule has 2 atom stereocenters. The van der Waals surface area contributed by atoms with Crippen molar-refractivity contribution in [1.29, 1.82) is 0 Å². The summed E-state index contributed by atoms with van der Waals surface area (Å²) in [6, 6.07) is 2.08. The van der Waals surface area contributed by atoms with Gasteiger partial charge in [0.1, 0.15) is 17.0 Å². The Morgan fingerprint density at radius 3 is 2.77 bits per heavy atom. The molecule has 120 valence electrons. The average molecular weight is 320 g/mol. The van der Waals surface area contributed by atoms with E-state index in [0.29, 0.717) is 0 Å². The Morgan fingerprint density at radius 2 is 2.05 bits per heavy atom. The van der Waals surface area contributed by atoms with Crippen LogP contribution in [0.15, 0.2) is 17.8 Å². The number of hydrogen-bond acceptors (Lipinski definition) is 6. The highest BCUT2D eigenvalue weighted by Crippen LogP contribution is 2.26. The van der Waals surface area contributed by atoms with Crippen molar-refractivity contribution in [3.63, 3.8) is 0 Å². The van der Waals surface area contributed by atoms with Gasteiger partial charge >= 0.3 is 0 Å². The lowest BCUT2D eigenvalue weighted by atomic mass is 10.00. The van der Waals surface area contributed by atoms with E-state index in [2.05, 4.69) is 59.3 Å². The zero-order valence-electron chi connectivity index (χ0n) is 13.7. The number of hydrogen-bond donors (Lipinski definition) is 1. The molecule has 1 N–H and O–H groups in total. The van der Waals surface area contributed by atoms with Crippen LogP contribution in [0.4, 0.5) is 5.82 Å². The molecule has 0 spiro atoms. The fourth-order valence-corrected chi connectivity index (χ4v) is 3.75. The topological polar surface area (TPSA) is 50.3 Å². The average Bonchev–Trinajstić information content (AvgIpc) is 2.93. The zero-order valence-corrected chi connectivity index (χ0v) is 14.5.